The van der Waals surface area contributed by atoms with Crippen LogP contribution in [0.2, 0.25) is 0 Å². The zero-order chi connectivity index (χ0) is 26.5. The molecule has 0 saturated carbocycles. The van der Waals surface area contributed by atoms with Crippen molar-refractivity contribution in [1.82, 2.24) is 9.55 Å². The van der Waals surface area contributed by atoms with E-state index in [1.807, 2.05) is 36.4 Å². The van der Waals surface area contributed by atoms with Gasteiger partial charge in [0.25, 0.3) is 0 Å². The number of Topliss-reactive ketones (excluding diaryl/α,β-unsaturated/α-hetero) is 1. The predicted octanol–water partition coefficient (Wildman–Crippen LogP) is 7.36. The molecular weight excluding hydrogens is 478 g/mol. The molecule has 1 aliphatic heterocycles. The van der Waals surface area contributed by atoms with Gasteiger partial charge in [0.2, 0.25) is 0 Å². The molecule has 6 aromatic rings. The van der Waals surface area contributed by atoms with E-state index in [0.717, 1.165) is 33.4 Å². The van der Waals surface area contributed by atoms with Crippen molar-refractivity contribution in [2.75, 3.05) is 0 Å². The number of nitriles is 1. The van der Waals surface area contributed by atoms with Gasteiger partial charge in [0.15, 0.2) is 5.78 Å². The molecule has 0 saturated heterocycles. The summed E-state index contributed by atoms with van der Waals surface area (Å²) in [6, 6.07) is 35.2. The van der Waals surface area contributed by atoms with Crippen LogP contribution < -0.4 is 0 Å². The fourth-order valence-corrected chi connectivity index (χ4v) is 7.72. The van der Waals surface area contributed by atoms with E-state index in [0.29, 0.717) is 5.56 Å². The van der Waals surface area contributed by atoms with Crippen LogP contribution in [-0.2, 0) is 5.54 Å². The third kappa shape index (κ3) is 2.55. The van der Waals surface area contributed by atoms with Crippen LogP contribution in [0, 0.1) is 31.1 Å². The lowest BCUT2D eigenvalue weighted by atomic mass is 9.72. The molecule has 1 aliphatic carbocycles. The number of carbonyl (C=O) groups is 1. The molecule has 0 fully saturated rings. The fourth-order valence-electron chi connectivity index (χ4n) is 7.72. The first-order valence-corrected chi connectivity index (χ1v) is 13.4. The highest BCUT2D eigenvalue weighted by Crippen LogP contribution is 2.63. The molecule has 186 valence electrons. The average Bonchev–Trinajstić information content (AvgIpc) is 3.66. The van der Waals surface area contributed by atoms with Gasteiger partial charge < -0.3 is 9.55 Å². The molecule has 4 heteroatoms. The standard InChI is InChI=1S/C35H25N3O/c1-20-25-10-5-8-14-29(25)38-32(20)30(23-17-15-22(19-36)16-18-23)31-33(39)26-11-3-6-12-27(26)35(31,38)34-21(2)24-9-4-7-13-28(24)37-34/h3-18,30-31,37H,1-2H3. The van der Waals surface area contributed by atoms with Crippen LogP contribution in [0.4, 0.5) is 0 Å². The smallest absolute Gasteiger partial charge is 0.170 e. The number of aryl methyl sites for hydroxylation is 2. The summed E-state index contributed by atoms with van der Waals surface area (Å²) in [5, 5.41) is 11.9. The Hall–Kier alpha value is -4.88. The Kier molecular flexibility index (Phi) is 4.30. The lowest BCUT2D eigenvalue weighted by molar-refractivity contribution is 0.0895. The molecule has 39 heavy (non-hydrogen) atoms. The van der Waals surface area contributed by atoms with Crippen LogP contribution in [0.3, 0.4) is 0 Å². The maximum absolute atomic E-state index is 14.6. The van der Waals surface area contributed by atoms with E-state index in [4.69, 9.17) is 0 Å². The van der Waals surface area contributed by atoms with Crippen LogP contribution in [0.25, 0.3) is 21.8 Å². The summed E-state index contributed by atoms with van der Waals surface area (Å²) in [4.78, 5) is 18.4. The van der Waals surface area contributed by atoms with Gasteiger partial charge in [0.05, 0.1) is 23.2 Å². The number of aromatic amines is 1. The summed E-state index contributed by atoms with van der Waals surface area (Å²) >= 11 is 0. The first-order chi connectivity index (χ1) is 19.1. The number of hydrogen-bond donors (Lipinski definition) is 1. The lowest BCUT2D eigenvalue weighted by Gasteiger charge is -2.34. The SMILES string of the molecule is Cc1c(C23c4ccccc4C(=O)C2C(c2ccc(C#N)cc2)c2c(C)c4ccccc4n23)[nH]c2ccccc12. The molecule has 8 rings (SSSR count). The summed E-state index contributed by atoms with van der Waals surface area (Å²) in [5.74, 6) is -0.367. The minimum Gasteiger partial charge on any atom is -0.356 e. The first-order valence-electron chi connectivity index (χ1n) is 13.4. The molecule has 0 amide bonds. The van der Waals surface area contributed by atoms with Gasteiger partial charge in [0, 0.05) is 39.0 Å². The van der Waals surface area contributed by atoms with Gasteiger partial charge in [-0.15, -0.1) is 0 Å². The number of aromatic nitrogens is 2. The van der Waals surface area contributed by atoms with Crippen molar-refractivity contribution >= 4 is 27.6 Å². The number of rotatable bonds is 2. The molecule has 2 aliphatic rings. The molecule has 3 heterocycles. The van der Waals surface area contributed by atoms with Crippen LogP contribution in [0.15, 0.2) is 97.1 Å². The van der Waals surface area contributed by atoms with Crippen molar-refractivity contribution in [2.45, 2.75) is 25.3 Å². The summed E-state index contributed by atoms with van der Waals surface area (Å²) in [6.45, 7) is 4.37. The first kappa shape index (κ1) is 22.1. The molecule has 2 aromatic heterocycles. The van der Waals surface area contributed by atoms with Crippen molar-refractivity contribution in [2.24, 2.45) is 5.92 Å². The molecule has 0 radical (unpaired) electrons. The molecule has 0 bridgehead atoms. The van der Waals surface area contributed by atoms with E-state index in [9.17, 15) is 10.1 Å². The Morgan fingerprint density at radius 2 is 1.51 bits per heavy atom. The van der Waals surface area contributed by atoms with Crippen LogP contribution in [0.5, 0.6) is 0 Å². The molecule has 3 unspecified atom stereocenters. The molecule has 0 spiro atoms. The van der Waals surface area contributed by atoms with Gasteiger partial charge in [-0.1, -0.05) is 72.8 Å². The van der Waals surface area contributed by atoms with Crippen LogP contribution in [0.1, 0.15) is 55.5 Å². The van der Waals surface area contributed by atoms with Crippen molar-refractivity contribution in [3.8, 4) is 6.07 Å². The number of ketones is 1. The van der Waals surface area contributed by atoms with E-state index >= 15 is 0 Å². The van der Waals surface area contributed by atoms with E-state index in [2.05, 4.69) is 90.1 Å². The third-order valence-corrected chi connectivity index (χ3v) is 9.24. The van der Waals surface area contributed by atoms with Gasteiger partial charge >= 0.3 is 0 Å². The van der Waals surface area contributed by atoms with Gasteiger partial charge in [-0.05, 0) is 60.4 Å². The molecule has 4 nitrogen and oxygen atoms in total. The molecule has 1 N–H and O–H groups in total. The lowest BCUT2D eigenvalue weighted by Crippen LogP contribution is -2.39. The Labute approximate surface area is 226 Å². The highest BCUT2D eigenvalue weighted by Gasteiger charge is 2.64. The normalized spacial score (nSPS) is 21.2. The monoisotopic (exact) mass is 503 g/mol. The van der Waals surface area contributed by atoms with Crippen molar-refractivity contribution in [3.63, 3.8) is 0 Å². The van der Waals surface area contributed by atoms with E-state index in [1.165, 1.54) is 27.6 Å². The number of carbonyl (C=O) groups excluding carboxylic acids is 1. The Morgan fingerprint density at radius 3 is 2.28 bits per heavy atom. The van der Waals surface area contributed by atoms with Crippen molar-refractivity contribution in [3.05, 3.63) is 142 Å². The molecule has 4 aromatic carbocycles. The quantitative estimate of drug-likeness (QED) is 0.268. The number of fused-ring (bicyclic) bond motifs is 8. The minimum absolute atomic E-state index is 0.171. The summed E-state index contributed by atoms with van der Waals surface area (Å²) in [5.41, 5.74) is 9.61. The summed E-state index contributed by atoms with van der Waals surface area (Å²) < 4.78 is 2.48. The number of para-hydroxylation sites is 2. The molecule has 3 atom stereocenters. The second-order valence-corrected chi connectivity index (χ2v) is 10.9. The Morgan fingerprint density at radius 1 is 0.821 bits per heavy atom. The van der Waals surface area contributed by atoms with Crippen molar-refractivity contribution in [1.29, 1.82) is 5.26 Å². The van der Waals surface area contributed by atoms with Crippen molar-refractivity contribution < 1.29 is 4.79 Å². The van der Waals surface area contributed by atoms with E-state index in [-0.39, 0.29) is 17.6 Å². The second kappa shape index (κ2) is 7.58. The van der Waals surface area contributed by atoms with Gasteiger partial charge in [-0.25, -0.2) is 0 Å². The maximum Gasteiger partial charge on any atom is 0.170 e. The Balaban J connectivity index is 1.58. The fraction of sp³-hybridized carbons (Fsp3) is 0.143. The Bertz CT molecular complexity index is 2030. The summed E-state index contributed by atoms with van der Waals surface area (Å²) in [6.07, 6.45) is 0. The topological polar surface area (TPSA) is 61.6 Å². The highest BCUT2D eigenvalue weighted by atomic mass is 16.1. The number of nitrogens with zero attached hydrogens (tertiary/aromatic N) is 2. The maximum atomic E-state index is 14.6. The van der Waals surface area contributed by atoms with Gasteiger partial charge in [-0.2, -0.15) is 5.26 Å². The zero-order valence-corrected chi connectivity index (χ0v) is 21.7. The van der Waals surface area contributed by atoms with Crippen LogP contribution >= 0.6 is 0 Å². The second-order valence-electron chi connectivity index (χ2n) is 10.9. The number of nitrogens with one attached hydrogen (secondary N) is 1. The minimum atomic E-state index is -0.738. The number of hydrogen-bond acceptors (Lipinski definition) is 2. The number of benzene rings is 4. The summed E-state index contributed by atoms with van der Waals surface area (Å²) in [7, 11) is 0. The third-order valence-electron chi connectivity index (χ3n) is 9.24. The highest BCUT2D eigenvalue weighted by molar-refractivity contribution is 6.08. The van der Waals surface area contributed by atoms with Crippen LogP contribution in [-0.4, -0.2) is 15.3 Å². The molecular formula is C35H25N3O. The average molecular weight is 504 g/mol. The largest absolute Gasteiger partial charge is 0.356 e. The number of H-pyrrole nitrogens is 1. The zero-order valence-electron chi connectivity index (χ0n) is 21.7. The van der Waals surface area contributed by atoms with Gasteiger partial charge in [0.1, 0.15) is 5.54 Å². The van der Waals surface area contributed by atoms with E-state index in [1.54, 1.807) is 0 Å². The van der Waals surface area contributed by atoms with E-state index < -0.39 is 5.54 Å². The van der Waals surface area contributed by atoms with Gasteiger partial charge in [-0.3, -0.25) is 4.79 Å². The predicted molar refractivity (Wildman–Crippen MR) is 153 cm³/mol.